The van der Waals surface area contributed by atoms with E-state index in [1.165, 1.54) is 12.8 Å². The molecule has 0 radical (unpaired) electrons. The van der Waals surface area contributed by atoms with E-state index >= 15 is 0 Å². The summed E-state index contributed by atoms with van der Waals surface area (Å²) in [6, 6.07) is 0.325. The predicted octanol–water partition coefficient (Wildman–Crippen LogP) is 0.180. The lowest BCUT2D eigenvalue weighted by Crippen LogP contribution is -2.48. The Labute approximate surface area is 74.5 Å². The number of hydrogen-bond acceptors (Lipinski definition) is 3. The third kappa shape index (κ3) is 2.19. The molecule has 1 heterocycles. The first-order valence-corrected chi connectivity index (χ1v) is 4.90. The number of nitrogens with two attached hydrogens (primary N) is 1. The van der Waals surface area contributed by atoms with Crippen LogP contribution in [-0.2, 0) is 0 Å². The lowest BCUT2D eigenvalue weighted by atomic mass is 10.1. The lowest BCUT2D eigenvalue weighted by molar-refractivity contribution is 0.124. The minimum Gasteiger partial charge on any atom is -0.395 e. The molecule has 2 atom stereocenters. The number of rotatable bonds is 4. The van der Waals surface area contributed by atoms with E-state index in [0.717, 1.165) is 19.5 Å². The van der Waals surface area contributed by atoms with Gasteiger partial charge in [-0.15, -0.1) is 0 Å². The quantitative estimate of drug-likeness (QED) is 0.636. The standard InChI is InChI=1S/C9H20N2O/c1-2-8(10)9(7-12)11-5-3-4-6-11/h8-9,12H,2-7,10H2,1H3. The Morgan fingerprint density at radius 1 is 1.42 bits per heavy atom. The molecular formula is C9H20N2O. The Kier molecular flexibility index (Phi) is 3.98. The molecule has 2 unspecified atom stereocenters. The summed E-state index contributed by atoms with van der Waals surface area (Å²) >= 11 is 0. The molecule has 0 aromatic carbocycles. The van der Waals surface area contributed by atoms with Crippen LogP contribution in [0.2, 0.25) is 0 Å². The summed E-state index contributed by atoms with van der Waals surface area (Å²) in [4.78, 5) is 2.31. The molecule has 0 bridgehead atoms. The van der Waals surface area contributed by atoms with Crippen molar-refractivity contribution in [3.8, 4) is 0 Å². The molecule has 3 nitrogen and oxygen atoms in total. The van der Waals surface area contributed by atoms with Gasteiger partial charge >= 0.3 is 0 Å². The average Bonchev–Trinajstić information content (AvgIpc) is 2.58. The Hall–Kier alpha value is -0.120. The van der Waals surface area contributed by atoms with E-state index in [4.69, 9.17) is 10.8 Å². The number of likely N-dealkylation sites (tertiary alicyclic amines) is 1. The molecule has 0 aromatic heterocycles. The highest BCUT2D eigenvalue weighted by atomic mass is 16.3. The zero-order valence-electron chi connectivity index (χ0n) is 7.87. The zero-order valence-corrected chi connectivity index (χ0v) is 7.87. The summed E-state index contributed by atoms with van der Waals surface area (Å²) in [7, 11) is 0. The summed E-state index contributed by atoms with van der Waals surface area (Å²) in [5.74, 6) is 0. The van der Waals surface area contributed by atoms with Crippen molar-refractivity contribution >= 4 is 0 Å². The number of hydrogen-bond donors (Lipinski definition) is 2. The molecule has 0 spiro atoms. The second-order valence-electron chi connectivity index (χ2n) is 3.57. The molecule has 3 heteroatoms. The molecule has 0 amide bonds. The SMILES string of the molecule is CCC(N)C(CO)N1CCCC1. The highest BCUT2D eigenvalue weighted by molar-refractivity contribution is 4.83. The minimum absolute atomic E-state index is 0.132. The van der Waals surface area contributed by atoms with Gasteiger partial charge in [-0.1, -0.05) is 6.92 Å². The number of nitrogens with zero attached hydrogens (tertiary/aromatic N) is 1. The fraction of sp³-hybridized carbons (Fsp3) is 1.00. The molecular weight excluding hydrogens is 152 g/mol. The van der Waals surface area contributed by atoms with Gasteiger partial charge in [0.25, 0.3) is 0 Å². The van der Waals surface area contributed by atoms with Gasteiger partial charge in [-0.2, -0.15) is 0 Å². The fourth-order valence-electron chi connectivity index (χ4n) is 1.87. The summed E-state index contributed by atoms with van der Waals surface area (Å²) in [6.07, 6.45) is 3.46. The van der Waals surface area contributed by atoms with E-state index < -0.39 is 0 Å². The summed E-state index contributed by atoms with van der Waals surface area (Å²) < 4.78 is 0. The normalized spacial score (nSPS) is 24.2. The molecule has 0 saturated carbocycles. The average molecular weight is 172 g/mol. The van der Waals surface area contributed by atoms with Gasteiger partial charge in [0.1, 0.15) is 0 Å². The number of aliphatic hydroxyl groups excluding tert-OH is 1. The van der Waals surface area contributed by atoms with Crippen LogP contribution in [0.15, 0.2) is 0 Å². The van der Waals surface area contributed by atoms with Gasteiger partial charge in [-0.25, -0.2) is 0 Å². The molecule has 3 N–H and O–H groups in total. The van der Waals surface area contributed by atoms with Crippen LogP contribution in [0.1, 0.15) is 26.2 Å². The van der Waals surface area contributed by atoms with E-state index in [2.05, 4.69) is 11.8 Å². The second-order valence-corrected chi connectivity index (χ2v) is 3.57. The van der Waals surface area contributed by atoms with Crippen molar-refractivity contribution in [1.29, 1.82) is 0 Å². The van der Waals surface area contributed by atoms with Crippen LogP contribution in [0.25, 0.3) is 0 Å². The third-order valence-electron chi connectivity index (χ3n) is 2.76. The van der Waals surface area contributed by atoms with Gasteiger partial charge in [0.05, 0.1) is 6.61 Å². The van der Waals surface area contributed by atoms with Gasteiger partial charge < -0.3 is 10.8 Å². The van der Waals surface area contributed by atoms with E-state index in [1.807, 2.05) is 0 Å². The van der Waals surface area contributed by atoms with E-state index in [1.54, 1.807) is 0 Å². The third-order valence-corrected chi connectivity index (χ3v) is 2.76. The Morgan fingerprint density at radius 2 is 2.00 bits per heavy atom. The number of aliphatic hydroxyl groups is 1. The van der Waals surface area contributed by atoms with Gasteiger partial charge in [-0.3, -0.25) is 4.90 Å². The topological polar surface area (TPSA) is 49.5 Å². The summed E-state index contributed by atoms with van der Waals surface area (Å²) in [5.41, 5.74) is 5.91. The van der Waals surface area contributed by atoms with Crippen molar-refractivity contribution in [2.24, 2.45) is 5.73 Å². The molecule has 0 aliphatic carbocycles. The summed E-state index contributed by atoms with van der Waals surface area (Å²) in [6.45, 7) is 4.50. The largest absolute Gasteiger partial charge is 0.395 e. The smallest absolute Gasteiger partial charge is 0.0601 e. The maximum Gasteiger partial charge on any atom is 0.0601 e. The van der Waals surface area contributed by atoms with Crippen LogP contribution in [0.5, 0.6) is 0 Å². The maximum atomic E-state index is 9.17. The van der Waals surface area contributed by atoms with Crippen molar-refractivity contribution in [3.05, 3.63) is 0 Å². The fourth-order valence-corrected chi connectivity index (χ4v) is 1.87. The molecule has 1 fully saturated rings. The van der Waals surface area contributed by atoms with Crippen molar-refractivity contribution in [3.63, 3.8) is 0 Å². The van der Waals surface area contributed by atoms with E-state index in [9.17, 15) is 0 Å². The molecule has 1 aliphatic rings. The Balaban J connectivity index is 2.42. The molecule has 1 aliphatic heterocycles. The monoisotopic (exact) mass is 172 g/mol. The van der Waals surface area contributed by atoms with Gasteiger partial charge in [0.2, 0.25) is 0 Å². The lowest BCUT2D eigenvalue weighted by Gasteiger charge is -2.30. The first-order chi connectivity index (χ1) is 5.79. The minimum atomic E-state index is 0.132. The van der Waals surface area contributed by atoms with Crippen molar-refractivity contribution in [1.82, 2.24) is 4.90 Å². The van der Waals surface area contributed by atoms with Crippen LogP contribution >= 0.6 is 0 Å². The molecule has 12 heavy (non-hydrogen) atoms. The molecule has 1 saturated heterocycles. The van der Waals surface area contributed by atoms with Crippen LogP contribution < -0.4 is 5.73 Å². The predicted molar refractivity (Wildman–Crippen MR) is 49.9 cm³/mol. The summed E-state index contributed by atoms with van der Waals surface area (Å²) in [5, 5.41) is 9.17. The van der Waals surface area contributed by atoms with Crippen LogP contribution in [0, 0.1) is 0 Å². The van der Waals surface area contributed by atoms with Crippen molar-refractivity contribution in [2.45, 2.75) is 38.3 Å². The zero-order chi connectivity index (χ0) is 8.97. The highest BCUT2D eigenvalue weighted by Crippen LogP contribution is 2.14. The van der Waals surface area contributed by atoms with Gasteiger partial charge in [0, 0.05) is 12.1 Å². The van der Waals surface area contributed by atoms with Crippen molar-refractivity contribution in [2.75, 3.05) is 19.7 Å². The van der Waals surface area contributed by atoms with Gasteiger partial charge in [-0.05, 0) is 32.4 Å². The van der Waals surface area contributed by atoms with E-state index in [-0.39, 0.29) is 18.7 Å². The molecule has 1 rings (SSSR count). The van der Waals surface area contributed by atoms with Crippen LogP contribution in [0.4, 0.5) is 0 Å². The first-order valence-electron chi connectivity index (χ1n) is 4.90. The van der Waals surface area contributed by atoms with E-state index in [0.29, 0.717) is 0 Å². The molecule has 0 aromatic rings. The second kappa shape index (κ2) is 4.80. The Bertz CT molecular complexity index is 124. The maximum absolute atomic E-state index is 9.17. The van der Waals surface area contributed by atoms with Crippen LogP contribution in [0.3, 0.4) is 0 Å². The van der Waals surface area contributed by atoms with Gasteiger partial charge in [0.15, 0.2) is 0 Å². The first kappa shape index (κ1) is 9.96. The van der Waals surface area contributed by atoms with Crippen LogP contribution in [-0.4, -0.2) is 41.8 Å². The molecule has 72 valence electrons. The Morgan fingerprint density at radius 3 is 2.42 bits per heavy atom. The van der Waals surface area contributed by atoms with Crippen molar-refractivity contribution < 1.29 is 5.11 Å². The highest BCUT2D eigenvalue weighted by Gasteiger charge is 2.25.